The van der Waals surface area contributed by atoms with Crippen LogP contribution in [0.5, 0.6) is 0 Å². The lowest BCUT2D eigenvalue weighted by atomic mass is 9.88. The van der Waals surface area contributed by atoms with E-state index in [1.165, 1.54) is 26.2 Å². The van der Waals surface area contributed by atoms with Gasteiger partial charge in [0.25, 0.3) is 0 Å². The molecule has 2 amide bonds. The van der Waals surface area contributed by atoms with Gasteiger partial charge in [0.1, 0.15) is 5.82 Å². The Balaban J connectivity index is 2.29. The number of rotatable bonds is 5. The molecule has 1 heterocycles. The minimum atomic E-state index is -1.63. The number of hydrogen-bond acceptors (Lipinski definition) is 4. The summed E-state index contributed by atoms with van der Waals surface area (Å²) in [5.74, 6) is -3.76. The van der Waals surface area contributed by atoms with Gasteiger partial charge in [-0.05, 0) is 24.6 Å². The lowest BCUT2D eigenvalue weighted by Gasteiger charge is -2.30. The van der Waals surface area contributed by atoms with Crippen LogP contribution in [-0.4, -0.2) is 42.1 Å². The quantitative estimate of drug-likeness (QED) is 0.745. The van der Waals surface area contributed by atoms with E-state index < -0.39 is 35.1 Å². The molecule has 0 saturated heterocycles. The Hall–Kier alpha value is -2.48. The van der Waals surface area contributed by atoms with E-state index >= 15 is 0 Å². The summed E-state index contributed by atoms with van der Waals surface area (Å²) in [6.07, 6.45) is -0.146. The van der Waals surface area contributed by atoms with Gasteiger partial charge in [0.2, 0.25) is 11.8 Å². The smallest absolute Gasteiger partial charge is 0.331 e. The van der Waals surface area contributed by atoms with Crippen molar-refractivity contribution in [2.24, 2.45) is 0 Å². The number of fused-ring (bicyclic) bond motifs is 1. The molecule has 2 unspecified atom stereocenters. The van der Waals surface area contributed by atoms with Crippen LogP contribution in [0.3, 0.4) is 0 Å². The number of halogens is 1. The zero-order chi connectivity index (χ0) is 17.2. The van der Waals surface area contributed by atoms with Crippen LogP contribution in [0.4, 0.5) is 10.1 Å². The summed E-state index contributed by atoms with van der Waals surface area (Å²) in [4.78, 5) is 35.6. The van der Waals surface area contributed by atoms with Crippen LogP contribution in [0.2, 0.25) is 0 Å². The Morgan fingerprint density at radius 3 is 2.83 bits per heavy atom. The van der Waals surface area contributed by atoms with E-state index in [9.17, 15) is 23.9 Å². The molecule has 23 heavy (non-hydrogen) atoms. The highest BCUT2D eigenvalue weighted by Gasteiger charge is 2.39. The number of carbonyl (C=O) groups is 3. The standard InChI is InChI=1S/C15H17FN2O5/c1-15(7-23-2,14(21)22)18-13(20)10-6-12(19)17-11-5-8(16)3-4-9(10)11/h3-5,10H,6-7H2,1-2H3,(H,17,19)(H,18,20)(H,21,22). The lowest BCUT2D eigenvalue weighted by molar-refractivity contribution is -0.149. The number of carbonyl (C=O) groups excluding carboxylic acids is 2. The highest BCUT2D eigenvalue weighted by Crippen LogP contribution is 2.33. The van der Waals surface area contributed by atoms with E-state index in [0.717, 1.165) is 6.07 Å². The van der Waals surface area contributed by atoms with Gasteiger partial charge in [-0.1, -0.05) is 6.07 Å². The van der Waals surface area contributed by atoms with Crippen LogP contribution < -0.4 is 10.6 Å². The number of carboxylic acids is 1. The van der Waals surface area contributed by atoms with Crippen LogP contribution in [0.1, 0.15) is 24.8 Å². The van der Waals surface area contributed by atoms with Crippen molar-refractivity contribution in [2.75, 3.05) is 19.0 Å². The normalized spacial score (nSPS) is 19.3. The number of ether oxygens (including phenoxy) is 1. The van der Waals surface area contributed by atoms with Gasteiger partial charge < -0.3 is 20.5 Å². The minimum Gasteiger partial charge on any atom is -0.479 e. The third-order valence-corrected chi connectivity index (χ3v) is 3.67. The van der Waals surface area contributed by atoms with E-state index in [4.69, 9.17) is 4.74 Å². The fourth-order valence-corrected chi connectivity index (χ4v) is 2.47. The Morgan fingerprint density at radius 1 is 1.52 bits per heavy atom. The molecule has 1 aromatic rings. The van der Waals surface area contributed by atoms with E-state index in [1.807, 2.05) is 0 Å². The van der Waals surface area contributed by atoms with Crippen molar-refractivity contribution in [1.29, 1.82) is 0 Å². The Labute approximate surface area is 131 Å². The maximum absolute atomic E-state index is 13.3. The number of methoxy groups -OCH3 is 1. The summed E-state index contributed by atoms with van der Waals surface area (Å²) in [5, 5.41) is 14.2. The number of hydrogen-bond donors (Lipinski definition) is 3. The van der Waals surface area contributed by atoms with Crippen LogP contribution >= 0.6 is 0 Å². The minimum absolute atomic E-state index is 0.146. The van der Waals surface area contributed by atoms with Crippen molar-refractivity contribution in [3.05, 3.63) is 29.6 Å². The molecule has 3 N–H and O–H groups in total. The molecule has 0 aliphatic carbocycles. The number of benzene rings is 1. The average Bonchev–Trinajstić information content (AvgIpc) is 2.45. The topological polar surface area (TPSA) is 105 Å². The van der Waals surface area contributed by atoms with Gasteiger partial charge in [-0.15, -0.1) is 0 Å². The van der Waals surface area contributed by atoms with Crippen LogP contribution in [0.25, 0.3) is 0 Å². The van der Waals surface area contributed by atoms with Crippen molar-refractivity contribution in [3.8, 4) is 0 Å². The monoisotopic (exact) mass is 324 g/mol. The first kappa shape index (κ1) is 16.9. The number of nitrogens with one attached hydrogen (secondary N) is 2. The van der Waals surface area contributed by atoms with Gasteiger partial charge in [-0.25, -0.2) is 9.18 Å². The molecule has 0 radical (unpaired) electrons. The van der Waals surface area contributed by atoms with Crippen molar-refractivity contribution in [2.45, 2.75) is 24.8 Å². The van der Waals surface area contributed by atoms with E-state index in [-0.39, 0.29) is 18.7 Å². The average molecular weight is 324 g/mol. The molecule has 8 heteroatoms. The summed E-state index contributed by atoms with van der Waals surface area (Å²) in [5.41, 5.74) is -0.973. The van der Waals surface area contributed by atoms with Crippen LogP contribution in [-0.2, 0) is 19.1 Å². The number of anilines is 1. The van der Waals surface area contributed by atoms with E-state index in [2.05, 4.69) is 10.6 Å². The summed E-state index contributed by atoms with van der Waals surface area (Å²) >= 11 is 0. The van der Waals surface area contributed by atoms with Gasteiger partial charge in [0.05, 0.1) is 12.5 Å². The highest BCUT2D eigenvalue weighted by atomic mass is 19.1. The molecule has 0 spiro atoms. The maximum atomic E-state index is 13.3. The molecular formula is C15H17FN2O5. The van der Waals surface area contributed by atoms with E-state index in [1.54, 1.807) is 0 Å². The predicted octanol–water partition coefficient (Wildman–Crippen LogP) is 0.857. The maximum Gasteiger partial charge on any atom is 0.331 e. The first-order chi connectivity index (χ1) is 10.8. The second kappa shape index (κ2) is 6.33. The number of aliphatic carboxylic acids is 1. The Bertz CT molecular complexity index is 663. The Morgan fingerprint density at radius 2 is 2.22 bits per heavy atom. The second-order valence-electron chi connectivity index (χ2n) is 5.60. The molecular weight excluding hydrogens is 307 g/mol. The lowest BCUT2D eigenvalue weighted by Crippen LogP contribution is -2.56. The molecule has 2 atom stereocenters. The van der Waals surface area contributed by atoms with Gasteiger partial charge in [-0.3, -0.25) is 9.59 Å². The molecule has 0 aromatic heterocycles. The molecule has 124 valence electrons. The largest absolute Gasteiger partial charge is 0.479 e. The SMILES string of the molecule is COCC(C)(NC(=O)C1CC(=O)Nc2cc(F)ccc21)C(=O)O. The van der Waals surface area contributed by atoms with Crippen molar-refractivity contribution in [3.63, 3.8) is 0 Å². The predicted molar refractivity (Wildman–Crippen MR) is 78.4 cm³/mol. The van der Waals surface area contributed by atoms with E-state index in [0.29, 0.717) is 5.56 Å². The summed E-state index contributed by atoms with van der Waals surface area (Å²) in [6, 6.07) is 3.71. The zero-order valence-electron chi connectivity index (χ0n) is 12.7. The van der Waals surface area contributed by atoms with Crippen molar-refractivity contribution >= 4 is 23.5 Å². The third-order valence-electron chi connectivity index (χ3n) is 3.67. The first-order valence-electron chi connectivity index (χ1n) is 6.90. The van der Waals surface area contributed by atoms with Crippen LogP contribution in [0, 0.1) is 5.82 Å². The highest BCUT2D eigenvalue weighted by molar-refractivity contribution is 6.02. The molecule has 0 bridgehead atoms. The molecule has 1 aliphatic heterocycles. The fraction of sp³-hybridized carbons (Fsp3) is 0.400. The number of carboxylic acid groups (broad SMARTS) is 1. The first-order valence-corrected chi connectivity index (χ1v) is 6.90. The summed E-state index contributed by atoms with van der Waals surface area (Å²) < 4.78 is 18.1. The van der Waals surface area contributed by atoms with Gasteiger partial charge in [0.15, 0.2) is 5.54 Å². The summed E-state index contributed by atoms with van der Waals surface area (Å²) in [6.45, 7) is 1.08. The van der Waals surface area contributed by atoms with Crippen LogP contribution in [0.15, 0.2) is 18.2 Å². The molecule has 7 nitrogen and oxygen atoms in total. The molecule has 0 saturated carbocycles. The molecule has 1 aromatic carbocycles. The van der Waals surface area contributed by atoms with Gasteiger partial charge >= 0.3 is 5.97 Å². The molecule has 1 aliphatic rings. The fourth-order valence-electron chi connectivity index (χ4n) is 2.47. The second-order valence-corrected chi connectivity index (χ2v) is 5.60. The zero-order valence-corrected chi connectivity index (χ0v) is 12.7. The Kier molecular flexibility index (Phi) is 4.65. The number of amides is 2. The van der Waals surface area contributed by atoms with Gasteiger partial charge in [-0.2, -0.15) is 0 Å². The third kappa shape index (κ3) is 3.48. The molecule has 2 rings (SSSR count). The van der Waals surface area contributed by atoms with Crippen molar-refractivity contribution in [1.82, 2.24) is 5.32 Å². The molecule has 0 fully saturated rings. The summed E-state index contributed by atoms with van der Waals surface area (Å²) in [7, 11) is 1.32. The van der Waals surface area contributed by atoms with Crippen molar-refractivity contribution < 1.29 is 28.6 Å². The van der Waals surface area contributed by atoms with Gasteiger partial charge in [0, 0.05) is 19.2 Å².